The first-order valence-electron chi connectivity index (χ1n) is 10.4. The number of aryl methyl sites for hydroxylation is 1. The second-order valence-corrected chi connectivity index (χ2v) is 9.06. The van der Waals surface area contributed by atoms with Crippen LogP contribution in [0.25, 0.3) is 16.3 Å². The predicted octanol–water partition coefficient (Wildman–Crippen LogP) is 5.98. The topological polar surface area (TPSA) is 63.4 Å². The predicted molar refractivity (Wildman–Crippen MR) is 135 cm³/mol. The van der Waals surface area contributed by atoms with Crippen LogP contribution in [0.2, 0.25) is 0 Å². The first-order valence-corrected chi connectivity index (χ1v) is 11.7. The van der Waals surface area contributed by atoms with Gasteiger partial charge in [0.1, 0.15) is 5.75 Å². The quantitative estimate of drug-likeness (QED) is 0.357. The lowest BCUT2D eigenvalue weighted by Crippen LogP contribution is -2.46. The molecule has 166 valence electrons. The summed E-state index contributed by atoms with van der Waals surface area (Å²) in [6.45, 7) is 4.10. The number of allylic oxidation sites excluding steroid dienone is 1. The second-order valence-electron chi connectivity index (χ2n) is 7.73. The van der Waals surface area contributed by atoms with E-state index in [1.54, 1.807) is 18.4 Å². The maximum atomic E-state index is 5.81. The van der Waals surface area contributed by atoms with Crippen LogP contribution in [0.15, 0.2) is 76.3 Å². The molecule has 6 nitrogen and oxygen atoms in total. The molecule has 3 heterocycles. The van der Waals surface area contributed by atoms with Crippen LogP contribution in [0, 0.1) is 6.92 Å². The van der Waals surface area contributed by atoms with E-state index in [1.165, 1.54) is 5.56 Å². The molecular weight excluding hydrogens is 452 g/mol. The number of thiocarbonyl (C=S) groups is 1. The molecule has 0 fully saturated rings. The van der Waals surface area contributed by atoms with Crippen LogP contribution in [0.1, 0.15) is 30.0 Å². The Kier molecular flexibility index (Phi) is 5.70. The van der Waals surface area contributed by atoms with Crippen molar-refractivity contribution in [3.63, 3.8) is 0 Å². The maximum absolute atomic E-state index is 5.81. The Morgan fingerprint density at radius 3 is 2.64 bits per heavy atom. The highest BCUT2D eigenvalue weighted by molar-refractivity contribution is 7.80. The maximum Gasteiger partial charge on any atom is 0.258 e. The summed E-state index contributed by atoms with van der Waals surface area (Å²) in [5.74, 6) is 1.79. The largest absolute Gasteiger partial charge is 0.497 e. The summed E-state index contributed by atoms with van der Waals surface area (Å²) in [6, 6.07) is 19.8. The summed E-state index contributed by atoms with van der Waals surface area (Å²) in [7, 11) is 1.66. The van der Waals surface area contributed by atoms with Crippen LogP contribution in [0.5, 0.6) is 5.75 Å². The molecule has 1 N–H and O–H groups in total. The molecule has 1 unspecified atom stereocenters. The van der Waals surface area contributed by atoms with Gasteiger partial charge < -0.3 is 14.6 Å². The molecular formula is C25H22N4O2S2. The zero-order chi connectivity index (χ0) is 22.9. The molecule has 0 bridgehead atoms. The number of nitrogens with zero attached hydrogens (tertiary/aromatic N) is 3. The number of thiophene rings is 1. The van der Waals surface area contributed by atoms with Crippen LogP contribution in [0.3, 0.4) is 0 Å². The number of rotatable bonds is 5. The molecule has 1 aliphatic heterocycles. The molecule has 2 aromatic heterocycles. The molecule has 2 aromatic carbocycles. The van der Waals surface area contributed by atoms with Crippen molar-refractivity contribution in [1.29, 1.82) is 0 Å². The van der Waals surface area contributed by atoms with Crippen molar-refractivity contribution in [2.75, 3.05) is 12.0 Å². The third kappa shape index (κ3) is 4.03. The number of anilines is 1. The standard InChI is InChI=1S/C25H22N4O2S2/c1-15-9-11-18(12-10-15)29-16(2)21(24-27-23(28-31-24)20-8-5-13-33-20)22(26-25(29)32)17-6-4-7-19(14-17)30-3/h4-14,22H,1-3H3,(H,26,32). The monoisotopic (exact) mass is 474 g/mol. The fourth-order valence-electron chi connectivity index (χ4n) is 3.93. The van der Waals surface area contributed by atoms with E-state index in [0.717, 1.165) is 33.1 Å². The van der Waals surface area contributed by atoms with Gasteiger partial charge in [0, 0.05) is 11.4 Å². The van der Waals surface area contributed by atoms with Crippen LogP contribution in [-0.4, -0.2) is 22.4 Å². The van der Waals surface area contributed by atoms with Crippen LogP contribution in [0.4, 0.5) is 5.69 Å². The van der Waals surface area contributed by atoms with Crippen molar-refractivity contribution in [2.45, 2.75) is 19.9 Å². The normalized spacial score (nSPS) is 16.2. The van der Waals surface area contributed by atoms with Gasteiger partial charge in [0.25, 0.3) is 5.89 Å². The second kappa shape index (κ2) is 8.80. The van der Waals surface area contributed by atoms with Crippen LogP contribution in [-0.2, 0) is 0 Å². The lowest BCUT2D eigenvalue weighted by Gasteiger charge is -2.37. The SMILES string of the molecule is COc1cccc(C2NC(=S)N(c3ccc(C)cc3)C(C)=C2c2nc(-c3cccs3)no2)c1. The first-order chi connectivity index (χ1) is 16.0. The van der Waals surface area contributed by atoms with E-state index in [2.05, 4.69) is 41.7 Å². The Morgan fingerprint density at radius 2 is 1.91 bits per heavy atom. The van der Waals surface area contributed by atoms with Gasteiger partial charge in [0.05, 0.1) is 23.6 Å². The Morgan fingerprint density at radius 1 is 1.09 bits per heavy atom. The van der Waals surface area contributed by atoms with Gasteiger partial charge >= 0.3 is 0 Å². The van der Waals surface area contributed by atoms with Crippen molar-refractivity contribution in [3.8, 4) is 16.5 Å². The Labute approximate surface area is 201 Å². The van der Waals surface area contributed by atoms with Crippen molar-refractivity contribution in [1.82, 2.24) is 15.5 Å². The number of benzene rings is 2. The minimum Gasteiger partial charge on any atom is -0.497 e. The van der Waals surface area contributed by atoms with Crippen molar-refractivity contribution < 1.29 is 9.26 Å². The van der Waals surface area contributed by atoms with Crippen LogP contribution >= 0.6 is 23.6 Å². The zero-order valence-electron chi connectivity index (χ0n) is 18.4. The Balaban J connectivity index is 1.66. The number of hydrogen-bond acceptors (Lipinski definition) is 6. The summed E-state index contributed by atoms with van der Waals surface area (Å²) in [6.07, 6.45) is 0. The molecule has 1 aliphatic rings. The molecule has 8 heteroatoms. The molecule has 0 aliphatic carbocycles. The van der Waals surface area contributed by atoms with Crippen molar-refractivity contribution in [3.05, 3.63) is 88.8 Å². The van der Waals surface area contributed by atoms with Crippen molar-refractivity contribution >= 4 is 39.9 Å². The third-order valence-corrected chi connectivity index (χ3v) is 6.77. The smallest absolute Gasteiger partial charge is 0.258 e. The van der Waals surface area contributed by atoms with Gasteiger partial charge in [-0.2, -0.15) is 4.98 Å². The summed E-state index contributed by atoms with van der Waals surface area (Å²) in [4.78, 5) is 7.71. The molecule has 5 rings (SSSR count). The molecule has 0 amide bonds. The van der Waals surface area contributed by atoms with Gasteiger partial charge in [0.15, 0.2) is 5.11 Å². The summed E-state index contributed by atoms with van der Waals surface area (Å²) >= 11 is 7.39. The number of methoxy groups -OCH3 is 1. The number of nitrogens with one attached hydrogen (secondary N) is 1. The molecule has 0 saturated carbocycles. The van der Waals surface area contributed by atoms with Gasteiger partial charge in [-0.3, -0.25) is 4.90 Å². The molecule has 1 atom stereocenters. The Bertz CT molecular complexity index is 1330. The highest BCUT2D eigenvalue weighted by Crippen LogP contribution is 2.40. The molecule has 0 spiro atoms. The minimum absolute atomic E-state index is 0.272. The third-order valence-electron chi connectivity index (χ3n) is 5.60. The lowest BCUT2D eigenvalue weighted by atomic mass is 9.94. The van der Waals surface area contributed by atoms with Crippen molar-refractivity contribution in [2.24, 2.45) is 0 Å². The molecule has 0 saturated heterocycles. The number of aromatic nitrogens is 2. The number of hydrogen-bond donors (Lipinski definition) is 1. The van der Waals surface area contributed by atoms with Gasteiger partial charge in [-0.05, 0) is 67.3 Å². The van der Waals surface area contributed by atoms with Crippen LogP contribution < -0.4 is 15.0 Å². The van der Waals surface area contributed by atoms with Gasteiger partial charge in [-0.1, -0.05) is 41.1 Å². The Hall–Kier alpha value is -3.49. The van der Waals surface area contributed by atoms with E-state index in [0.29, 0.717) is 16.8 Å². The molecule has 33 heavy (non-hydrogen) atoms. The van der Waals surface area contributed by atoms with E-state index >= 15 is 0 Å². The summed E-state index contributed by atoms with van der Waals surface area (Å²) < 4.78 is 11.2. The van der Waals surface area contributed by atoms with Gasteiger partial charge in [0.2, 0.25) is 5.82 Å². The first kappa shape index (κ1) is 21.4. The molecule has 0 radical (unpaired) electrons. The average molecular weight is 475 g/mol. The number of ether oxygens (including phenoxy) is 1. The van der Waals surface area contributed by atoms with Gasteiger partial charge in [-0.15, -0.1) is 11.3 Å². The fourth-order valence-corrected chi connectivity index (χ4v) is 4.94. The highest BCUT2D eigenvalue weighted by atomic mass is 32.1. The van der Waals surface area contributed by atoms with E-state index in [4.69, 9.17) is 26.5 Å². The van der Waals surface area contributed by atoms with Gasteiger partial charge in [-0.25, -0.2) is 0 Å². The lowest BCUT2D eigenvalue weighted by molar-refractivity contribution is 0.403. The van der Waals surface area contributed by atoms with E-state index < -0.39 is 0 Å². The molecule has 4 aromatic rings. The van der Waals surface area contributed by atoms with E-state index in [9.17, 15) is 0 Å². The van der Waals surface area contributed by atoms with E-state index in [1.807, 2.05) is 53.6 Å². The van der Waals surface area contributed by atoms with E-state index in [-0.39, 0.29) is 6.04 Å². The fraction of sp³-hybridized carbons (Fsp3) is 0.160. The summed E-state index contributed by atoms with van der Waals surface area (Å²) in [5.41, 5.74) is 4.94. The zero-order valence-corrected chi connectivity index (χ0v) is 20.0. The highest BCUT2D eigenvalue weighted by Gasteiger charge is 2.35. The minimum atomic E-state index is -0.272. The summed E-state index contributed by atoms with van der Waals surface area (Å²) in [5, 5.41) is 10.3. The average Bonchev–Trinajstić information content (AvgIpc) is 3.52.